The highest BCUT2D eigenvalue weighted by atomic mass is 19.1. The van der Waals surface area contributed by atoms with E-state index >= 15 is 0 Å². The molecular formula is C20H13FN4O. The molecule has 0 aliphatic carbocycles. The number of ether oxygens (including phenoxy) is 1. The van der Waals surface area contributed by atoms with Gasteiger partial charge in [0.25, 0.3) is 0 Å². The van der Waals surface area contributed by atoms with Gasteiger partial charge in [-0.15, -0.1) is 0 Å². The van der Waals surface area contributed by atoms with E-state index in [0.29, 0.717) is 11.3 Å². The van der Waals surface area contributed by atoms with Crippen LogP contribution in [0.5, 0.6) is 11.6 Å². The van der Waals surface area contributed by atoms with E-state index in [0.717, 1.165) is 22.5 Å². The first-order chi connectivity index (χ1) is 12.6. The molecule has 0 aliphatic rings. The number of halogens is 1. The number of benzene rings is 1. The first-order valence-corrected chi connectivity index (χ1v) is 7.92. The van der Waals surface area contributed by atoms with Gasteiger partial charge in [-0.3, -0.25) is 0 Å². The van der Waals surface area contributed by atoms with E-state index in [-0.39, 0.29) is 11.7 Å². The van der Waals surface area contributed by atoms with E-state index < -0.39 is 0 Å². The van der Waals surface area contributed by atoms with Gasteiger partial charge < -0.3 is 9.14 Å². The molecule has 0 saturated carbocycles. The number of rotatable bonds is 3. The quantitative estimate of drug-likeness (QED) is 0.549. The molecule has 5 nitrogen and oxygen atoms in total. The van der Waals surface area contributed by atoms with Crippen molar-refractivity contribution < 1.29 is 9.13 Å². The lowest BCUT2D eigenvalue weighted by atomic mass is 10.0. The van der Waals surface area contributed by atoms with Gasteiger partial charge in [0.2, 0.25) is 5.88 Å². The fourth-order valence-corrected chi connectivity index (χ4v) is 2.73. The maximum atomic E-state index is 13.0. The number of fused-ring (bicyclic) bond motifs is 1. The van der Waals surface area contributed by atoms with Crippen LogP contribution in [0.3, 0.4) is 0 Å². The van der Waals surface area contributed by atoms with Crippen molar-refractivity contribution in [1.29, 1.82) is 5.26 Å². The Morgan fingerprint density at radius 1 is 1.15 bits per heavy atom. The van der Waals surface area contributed by atoms with E-state index in [1.165, 1.54) is 24.3 Å². The minimum atomic E-state index is -0.354. The molecule has 6 heteroatoms. The molecule has 4 aromatic rings. The van der Waals surface area contributed by atoms with Crippen molar-refractivity contribution in [2.75, 3.05) is 0 Å². The van der Waals surface area contributed by atoms with Crippen molar-refractivity contribution in [3.05, 3.63) is 78.1 Å². The zero-order valence-corrected chi connectivity index (χ0v) is 13.8. The van der Waals surface area contributed by atoms with Crippen molar-refractivity contribution in [2.45, 2.75) is 6.92 Å². The highest BCUT2D eigenvalue weighted by molar-refractivity contribution is 5.69. The molecule has 0 unspecified atom stereocenters. The Kier molecular flexibility index (Phi) is 3.82. The van der Waals surface area contributed by atoms with Crippen LogP contribution in [0.15, 0.2) is 61.1 Å². The molecule has 0 aliphatic heterocycles. The summed E-state index contributed by atoms with van der Waals surface area (Å²) in [7, 11) is 0. The van der Waals surface area contributed by atoms with E-state index in [9.17, 15) is 9.65 Å². The Morgan fingerprint density at radius 2 is 1.96 bits per heavy atom. The molecule has 0 spiro atoms. The summed E-state index contributed by atoms with van der Waals surface area (Å²) < 4.78 is 20.6. The third kappa shape index (κ3) is 2.87. The summed E-state index contributed by atoms with van der Waals surface area (Å²) in [4.78, 5) is 8.67. The van der Waals surface area contributed by atoms with Gasteiger partial charge in [0, 0.05) is 35.4 Å². The number of pyridine rings is 2. The van der Waals surface area contributed by atoms with Crippen LogP contribution in [0, 0.1) is 24.1 Å². The van der Waals surface area contributed by atoms with Crippen LogP contribution in [0.25, 0.3) is 16.8 Å². The number of nitrogens with zero attached hydrogens (tertiary/aromatic N) is 4. The van der Waals surface area contributed by atoms with Crippen LogP contribution in [0.2, 0.25) is 0 Å². The number of hydrogen-bond acceptors (Lipinski definition) is 4. The average Bonchev–Trinajstić information content (AvgIpc) is 3.11. The van der Waals surface area contributed by atoms with Crippen molar-refractivity contribution in [3.63, 3.8) is 0 Å². The smallest absolute Gasteiger partial charge is 0.237 e. The van der Waals surface area contributed by atoms with Crippen LogP contribution < -0.4 is 4.74 Å². The molecule has 0 amide bonds. The molecule has 26 heavy (non-hydrogen) atoms. The number of aryl methyl sites for hydroxylation is 1. The summed E-state index contributed by atoms with van der Waals surface area (Å²) in [6.45, 7) is 1.85. The van der Waals surface area contributed by atoms with Gasteiger partial charge in [-0.05, 0) is 49.4 Å². The minimum Gasteiger partial charge on any atom is -0.438 e. The molecule has 0 saturated heterocycles. The fraction of sp³-hybridized carbons (Fsp3) is 0.0500. The Hall–Kier alpha value is -3.72. The first kappa shape index (κ1) is 15.8. The van der Waals surface area contributed by atoms with Crippen LogP contribution in [-0.4, -0.2) is 14.4 Å². The van der Waals surface area contributed by atoms with E-state index in [4.69, 9.17) is 4.74 Å². The van der Waals surface area contributed by atoms with Crippen molar-refractivity contribution in [2.24, 2.45) is 0 Å². The van der Waals surface area contributed by atoms with Gasteiger partial charge >= 0.3 is 0 Å². The molecule has 126 valence electrons. The van der Waals surface area contributed by atoms with Crippen molar-refractivity contribution in [3.8, 4) is 28.8 Å². The molecular weight excluding hydrogens is 331 g/mol. The van der Waals surface area contributed by atoms with Gasteiger partial charge in [-0.25, -0.2) is 14.4 Å². The summed E-state index contributed by atoms with van der Waals surface area (Å²) in [5.41, 5.74) is 3.63. The Labute approximate surface area is 149 Å². The normalized spacial score (nSPS) is 10.7. The molecule has 0 N–H and O–H groups in total. The van der Waals surface area contributed by atoms with Crippen LogP contribution >= 0.6 is 0 Å². The summed E-state index contributed by atoms with van der Waals surface area (Å²) in [5, 5.41) is 9.50. The summed E-state index contributed by atoms with van der Waals surface area (Å²) in [6, 6.07) is 13.3. The standard InChI is InChI=1S/C20H13FN4O/c1-13-18(14-2-7-19-23-8-9-25(19)12-14)10-15(11-22)20(24-13)26-17-5-3-16(21)4-6-17/h2-10,12H,1H3. The largest absolute Gasteiger partial charge is 0.438 e. The number of imidazole rings is 1. The highest BCUT2D eigenvalue weighted by Gasteiger charge is 2.13. The van der Waals surface area contributed by atoms with Crippen molar-refractivity contribution in [1.82, 2.24) is 14.4 Å². The summed E-state index contributed by atoms with van der Waals surface area (Å²) >= 11 is 0. The van der Waals surface area contributed by atoms with Crippen LogP contribution in [0.4, 0.5) is 4.39 Å². The zero-order valence-electron chi connectivity index (χ0n) is 13.8. The van der Waals surface area contributed by atoms with Crippen LogP contribution in [-0.2, 0) is 0 Å². The van der Waals surface area contributed by atoms with Gasteiger partial charge in [0.1, 0.15) is 28.8 Å². The molecule has 1 aromatic carbocycles. The topological polar surface area (TPSA) is 63.2 Å². The second-order valence-corrected chi connectivity index (χ2v) is 5.75. The van der Waals surface area contributed by atoms with E-state index in [1.807, 2.05) is 35.9 Å². The van der Waals surface area contributed by atoms with Gasteiger partial charge in [-0.2, -0.15) is 5.26 Å². The molecule has 0 fully saturated rings. The molecule has 0 radical (unpaired) electrons. The number of nitriles is 1. The highest BCUT2D eigenvalue weighted by Crippen LogP contribution is 2.30. The first-order valence-electron chi connectivity index (χ1n) is 7.92. The average molecular weight is 344 g/mol. The fourth-order valence-electron chi connectivity index (χ4n) is 2.73. The van der Waals surface area contributed by atoms with Crippen molar-refractivity contribution >= 4 is 5.65 Å². The summed E-state index contributed by atoms with van der Waals surface area (Å²) in [5.74, 6) is 0.263. The SMILES string of the molecule is Cc1nc(Oc2ccc(F)cc2)c(C#N)cc1-c1ccc2nccn2c1. The zero-order chi connectivity index (χ0) is 18.1. The molecule has 3 heterocycles. The molecule has 0 bridgehead atoms. The number of aromatic nitrogens is 3. The monoisotopic (exact) mass is 344 g/mol. The third-order valence-corrected chi connectivity index (χ3v) is 4.03. The Morgan fingerprint density at radius 3 is 2.73 bits per heavy atom. The Balaban J connectivity index is 1.75. The number of hydrogen-bond donors (Lipinski definition) is 0. The third-order valence-electron chi connectivity index (χ3n) is 4.03. The molecule has 4 rings (SSSR count). The van der Waals surface area contributed by atoms with E-state index in [1.54, 1.807) is 12.3 Å². The predicted molar refractivity (Wildman–Crippen MR) is 94.3 cm³/mol. The lowest BCUT2D eigenvalue weighted by molar-refractivity contribution is 0.458. The lowest BCUT2D eigenvalue weighted by Crippen LogP contribution is -1.97. The van der Waals surface area contributed by atoms with Gasteiger partial charge in [0.05, 0.1) is 0 Å². The maximum absolute atomic E-state index is 13.0. The predicted octanol–water partition coefficient (Wildman–Crippen LogP) is 4.51. The second-order valence-electron chi connectivity index (χ2n) is 5.75. The maximum Gasteiger partial charge on any atom is 0.237 e. The van der Waals surface area contributed by atoms with Gasteiger partial charge in [0.15, 0.2) is 0 Å². The molecule has 3 aromatic heterocycles. The molecule has 0 atom stereocenters. The lowest BCUT2D eigenvalue weighted by Gasteiger charge is -2.11. The Bertz CT molecular complexity index is 1140. The minimum absolute atomic E-state index is 0.198. The summed E-state index contributed by atoms with van der Waals surface area (Å²) in [6.07, 6.45) is 5.53. The van der Waals surface area contributed by atoms with E-state index in [2.05, 4.69) is 16.0 Å². The van der Waals surface area contributed by atoms with Crippen LogP contribution in [0.1, 0.15) is 11.3 Å². The second kappa shape index (κ2) is 6.30. The van der Waals surface area contributed by atoms with Gasteiger partial charge in [-0.1, -0.05) is 0 Å².